The molecule has 1 aromatic carbocycles. The summed E-state index contributed by atoms with van der Waals surface area (Å²) < 4.78 is 6.76. The van der Waals surface area contributed by atoms with Crippen molar-refractivity contribution in [1.29, 1.82) is 0 Å². The fraction of sp³-hybridized carbons (Fsp3) is 0.438. The molecule has 0 spiro atoms. The van der Waals surface area contributed by atoms with Crippen molar-refractivity contribution < 1.29 is 9.84 Å². The lowest BCUT2D eigenvalue weighted by molar-refractivity contribution is 0.146. The monoisotopic (exact) mass is 308 g/mol. The van der Waals surface area contributed by atoms with E-state index >= 15 is 0 Å². The first-order valence-corrected chi connectivity index (χ1v) is 7.43. The Morgan fingerprint density at radius 1 is 1.33 bits per heavy atom. The van der Waals surface area contributed by atoms with Crippen LogP contribution in [0.25, 0.3) is 0 Å². The van der Waals surface area contributed by atoms with E-state index in [0.29, 0.717) is 30.3 Å². The summed E-state index contributed by atoms with van der Waals surface area (Å²) in [6.07, 6.45) is 2.36. The third kappa shape index (κ3) is 4.30. The number of aliphatic hydroxyl groups is 1. The van der Waals surface area contributed by atoms with Gasteiger partial charge in [0.05, 0.1) is 36.2 Å². The van der Waals surface area contributed by atoms with Crippen LogP contribution in [-0.4, -0.2) is 28.6 Å². The summed E-state index contributed by atoms with van der Waals surface area (Å²) in [6, 6.07) is 8.34. The molecule has 0 aliphatic rings. The molecular weight excluding hydrogens is 288 g/mol. The largest absolute Gasteiger partial charge is 0.387 e. The van der Waals surface area contributed by atoms with Crippen molar-refractivity contribution in [2.45, 2.75) is 32.4 Å². The van der Waals surface area contributed by atoms with Gasteiger partial charge in [-0.15, -0.1) is 0 Å². The van der Waals surface area contributed by atoms with Gasteiger partial charge in [0.15, 0.2) is 0 Å². The van der Waals surface area contributed by atoms with Crippen LogP contribution < -0.4 is 0 Å². The number of methoxy groups -OCH3 is 1. The molecule has 0 saturated heterocycles. The van der Waals surface area contributed by atoms with Crippen LogP contribution in [0.15, 0.2) is 30.5 Å². The summed E-state index contributed by atoms with van der Waals surface area (Å²) >= 11 is 6.14. The number of ether oxygens (including phenoxy) is 1. The normalized spacial score (nSPS) is 12.6. The maximum Gasteiger partial charge on any atom is 0.0975 e. The molecule has 1 heterocycles. The predicted molar refractivity (Wildman–Crippen MR) is 83.6 cm³/mol. The molecule has 5 heteroatoms. The molecular formula is C16H21ClN2O2. The van der Waals surface area contributed by atoms with Gasteiger partial charge in [0.2, 0.25) is 0 Å². The lowest BCUT2D eigenvalue weighted by Gasteiger charge is -2.14. The molecule has 4 nitrogen and oxygen atoms in total. The zero-order valence-corrected chi connectivity index (χ0v) is 13.2. The first kappa shape index (κ1) is 16.0. The average molecular weight is 309 g/mol. The SMILES string of the molecule is COCCn1ncc(Cl)c1C(O)CCc1ccc(C)cc1. The van der Waals surface area contributed by atoms with E-state index in [9.17, 15) is 5.11 Å². The molecule has 0 saturated carbocycles. The number of benzene rings is 1. The molecule has 0 radical (unpaired) electrons. The highest BCUT2D eigenvalue weighted by Gasteiger charge is 2.18. The second-order valence-corrected chi connectivity index (χ2v) is 5.54. The molecule has 114 valence electrons. The van der Waals surface area contributed by atoms with Crippen LogP contribution in [0.4, 0.5) is 0 Å². The summed E-state index contributed by atoms with van der Waals surface area (Å²) in [6.45, 7) is 3.18. The molecule has 1 unspecified atom stereocenters. The van der Waals surface area contributed by atoms with Gasteiger partial charge >= 0.3 is 0 Å². The Hall–Kier alpha value is -1.36. The number of aryl methyl sites for hydroxylation is 2. The maximum atomic E-state index is 10.4. The van der Waals surface area contributed by atoms with Crippen LogP contribution in [0.2, 0.25) is 5.02 Å². The van der Waals surface area contributed by atoms with Crippen molar-refractivity contribution in [3.8, 4) is 0 Å². The summed E-state index contributed by atoms with van der Waals surface area (Å²) in [5.41, 5.74) is 3.11. The van der Waals surface area contributed by atoms with Gasteiger partial charge in [-0.3, -0.25) is 4.68 Å². The molecule has 1 aromatic heterocycles. The first-order chi connectivity index (χ1) is 10.1. The Kier molecular flexibility index (Phi) is 5.79. The van der Waals surface area contributed by atoms with Crippen molar-refractivity contribution in [3.05, 3.63) is 52.3 Å². The van der Waals surface area contributed by atoms with Crippen LogP contribution >= 0.6 is 11.6 Å². The van der Waals surface area contributed by atoms with E-state index in [-0.39, 0.29) is 0 Å². The number of nitrogens with zero attached hydrogens (tertiary/aromatic N) is 2. The molecule has 1 N–H and O–H groups in total. The first-order valence-electron chi connectivity index (χ1n) is 7.05. The Morgan fingerprint density at radius 2 is 2.05 bits per heavy atom. The Bertz CT molecular complexity index is 566. The van der Waals surface area contributed by atoms with Crippen molar-refractivity contribution in [3.63, 3.8) is 0 Å². The van der Waals surface area contributed by atoms with Crippen LogP contribution in [0.5, 0.6) is 0 Å². The molecule has 2 aromatic rings. The minimum atomic E-state index is -0.627. The highest BCUT2D eigenvalue weighted by molar-refractivity contribution is 6.31. The standard InChI is InChI=1S/C16H21ClN2O2/c1-12-3-5-13(6-4-12)7-8-15(20)16-14(17)11-18-19(16)9-10-21-2/h3-6,11,15,20H,7-10H2,1-2H3. The molecule has 0 bridgehead atoms. The minimum absolute atomic E-state index is 0.502. The van der Waals surface area contributed by atoms with E-state index in [1.165, 1.54) is 11.1 Å². The van der Waals surface area contributed by atoms with Crippen LogP contribution in [0.3, 0.4) is 0 Å². The van der Waals surface area contributed by atoms with Gasteiger partial charge in [0, 0.05) is 7.11 Å². The second kappa shape index (κ2) is 7.59. The maximum absolute atomic E-state index is 10.4. The molecule has 21 heavy (non-hydrogen) atoms. The van der Waals surface area contributed by atoms with E-state index < -0.39 is 6.10 Å². The quantitative estimate of drug-likeness (QED) is 0.854. The van der Waals surface area contributed by atoms with Crippen molar-refractivity contribution in [2.75, 3.05) is 13.7 Å². The highest BCUT2D eigenvalue weighted by atomic mass is 35.5. The third-order valence-electron chi connectivity index (χ3n) is 3.48. The van der Waals surface area contributed by atoms with E-state index in [2.05, 4.69) is 36.3 Å². The van der Waals surface area contributed by atoms with Gasteiger partial charge < -0.3 is 9.84 Å². The number of aliphatic hydroxyl groups excluding tert-OH is 1. The van der Waals surface area contributed by atoms with E-state index in [1.807, 2.05) is 0 Å². The zero-order valence-electron chi connectivity index (χ0n) is 12.4. The lowest BCUT2D eigenvalue weighted by Crippen LogP contribution is -2.13. The van der Waals surface area contributed by atoms with Crippen molar-refractivity contribution >= 4 is 11.6 Å². The molecule has 2 rings (SSSR count). The Balaban J connectivity index is 2.01. The molecule has 0 aliphatic carbocycles. The minimum Gasteiger partial charge on any atom is -0.387 e. The van der Waals surface area contributed by atoms with Gasteiger partial charge in [0.1, 0.15) is 0 Å². The van der Waals surface area contributed by atoms with Gasteiger partial charge in [-0.2, -0.15) is 5.10 Å². The summed E-state index contributed by atoms with van der Waals surface area (Å²) in [4.78, 5) is 0. The van der Waals surface area contributed by atoms with E-state index in [0.717, 1.165) is 6.42 Å². The highest BCUT2D eigenvalue weighted by Crippen LogP contribution is 2.26. The summed E-state index contributed by atoms with van der Waals surface area (Å²) in [5.74, 6) is 0. The number of hydrogen-bond acceptors (Lipinski definition) is 3. The summed E-state index contributed by atoms with van der Waals surface area (Å²) in [7, 11) is 1.64. The smallest absolute Gasteiger partial charge is 0.0975 e. The molecule has 0 fully saturated rings. The van der Waals surface area contributed by atoms with E-state index in [4.69, 9.17) is 16.3 Å². The van der Waals surface area contributed by atoms with Crippen molar-refractivity contribution in [1.82, 2.24) is 9.78 Å². The summed E-state index contributed by atoms with van der Waals surface area (Å²) in [5, 5.41) is 15.1. The topological polar surface area (TPSA) is 47.3 Å². The number of halogens is 1. The van der Waals surface area contributed by atoms with Crippen LogP contribution in [0.1, 0.15) is 29.3 Å². The van der Waals surface area contributed by atoms with Crippen molar-refractivity contribution in [2.24, 2.45) is 0 Å². The Morgan fingerprint density at radius 3 is 2.71 bits per heavy atom. The lowest BCUT2D eigenvalue weighted by atomic mass is 10.0. The number of hydrogen-bond donors (Lipinski definition) is 1. The number of rotatable bonds is 7. The number of aromatic nitrogens is 2. The molecule has 1 atom stereocenters. The van der Waals surface area contributed by atoms with E-state index in [1.54, 1.807) is 18.0 Å². The van der Waals surface area contributed by atoms with Gasteiger partial charge in [-0.25, -0.2) is 0 Å². The van der Waals surface area contributed by atoms with Crippen LogP contribution in [0, 0.1) is 6.92 Å². The third-order valence-corrected chi connectivity index (χ3v) is 3.77. The molecule has 0 aliphatic heterocycles. The van der Waals surface area contributed by atoms with Crippen LogP contribution in [-0.2, 0) is 17.7 Å². The Labute approximate surface area is 130 Å². The average Bonchev–Trinajstić information content (AvgIpc) is 2.85. The predicted octanol–water partition coefficient (Wildman–Crippen LogP) is 3.16. The van der Waals surface area contributed by atoms with Gasteiger partial charge in [0.25, 0.3) is 0 Å². The fourth-order valence-electron chi connectivity index (χ4n) is 2.25. The van der Waals surface area contributed by atoms with Gasteiger partial charge in [-0.1, -0.05) is 41.4 Å². The fourth-order valence-corrected chi connectivity index (χ4v) is 2.52. The van der Waals surface area contributed by atoms with Gasteiger partial charge in [-0.05, 0) is 25.3 Å². The zero-order chi connectivity index (χ0) is 15.2. The molecule has 0 amide bonds. The second-order valence-electron chi connectivity index (χ2n) is 5.13.